The van der Waals surface area contributed by atoms with Crippen molar-refractivity contribution in [1.82, 2.24) is 10.2 Å². The van der Waals surface area contributed by atoms with E-state index in [9.17, 15) is 18.0 Å². The molecule has 0 aromatic heterocycles. The van der Waals surface area contributed by atoms with Gasteiger partial charge in [0.2, 0.25) is 21.8 Å². The van der Waals surface area contributed by atoms with Crippen molar-refractivity contribution in [3.8, 4) is 0 Å². The first-order valence-electron chi connectivity index (χ1n) is 12.0. The zero-order chi connectivity index (χ0) is 27.3. The lowest BCUT2D eigenvalue weighted by molar-refractivity contribution is -0.141. The molecule has 0 aliphatic rings. The first-order chi connectivity index (χ1) is 16.6. The molecule has 198 valence electrons. The maximum Gasteiger partial charge on any atom is 0.242 e. The van der Waals surface area contributed by atoms with Crippen LogP contribution in [0.15, 0.2) is 42.5 Å². The first-order valence-corrected chi connectivity index (χ1v) is 14.2. The van der Waals surface area contributed by atoms with Crippen LogP contribution in [-0.4, -0.2) is 49.5 Å². The second kappa shape index (κ2) is 12.1. The maximum absolute atomic E-state index is 13.4. The SMILES string of the molecule is Cc1cccc(CN(C(=O)CCCN(c2cc(Cl)ccc2C)S(C)(=O)=O)[C@H](C)C(=O)NC(C)(C)C)c1. The molecule has 36 heavy (non-hydrogen) atoms. The van der Waals surface area contributed by atoms with Crippen molar-refractivity contribution in [2.24, 2.45) is 0 Å². The predicted molar refractivity (Wildman–Crippen MR) is 147 cm³/mol. The van der Waals surface area contributed by atoms with E-state index in [4.69, 9.17) is 11.6 Å². The number of hydrogen-bond donors (Lipinski definition) is 1. The number of carbonyl (C=O) groups excluding carboxylic acids is 2. The van der Waals surface area contributed by atoms with Gasteiger partial charge in [0.05, 0.1) is 11.9 Å². The van der Waals surface area contributed by atoms with Gasteiger partial charge < -0.3 is 10.2 Å². The molecule has 0 bridgehead atoms. The van der Waals surface area contributed by atoms with Gasteiger partial charge in [-0.1, -0.05) is 47.5 Å². The van der Waals surface area contributed by atoms with Crippen molar-refractivity contribution in [2.45, 2.75) is 72.5 Å². The molecule has 0 saturated heterocycles. The van der Waals surface area contributed by atoms with Gasteiger partial charge in [0, 0.05) is 30.1 Å². The summed E-state index contributed by atoms with van der Waals surface area (Å²) in [4.78, 5) is 27.9. The van der Waals surface area contributed by atoms with Gasteiger partial charge in [0.15, 0.2) is 0 Å². The highest BCUT2D eigenvalue weighted by Gasteiger charge is 2.29. The predicted octanol–water partition coefficient (Wildman–Crippen LogP) is 4.84. The number of amides is 2. The zero-order valence-corrected chi connectivity index (χ0v) is 23.8. The normalized spacial score (nSPS) is 12.7. The second-order valence-corrected chi connectivity index (χ2v) is 12.6. The van der Waals surface area contributed by atoms with Crippen LogP contribution in [0.4, 0.5) is 5.69 Å². The van der Waals surface area contributed by atoms with Crippen molar-refractivity contribution >= 4 is 39.1 Å². The Bertz CT molecular complexity index is 1190. The van der Waals surface area contributed by atoms with Crippen molar-refractivity contribution < 1.29 is 18.0 Å². The van der Waals surface area contributed by atoms with Crippen molar-refractivity contribution in [1.29, 1.82) is 0 Å². The van der Waals surface area contributed by atoms with Gasteiger partial charge in [-0.15, -0.1) is 0 Å². The molecule has 0 aliphatic heterocycles. The highest BCUT2D eigenvalue weighted by Crippen LogP contribution is 2.27. The number of benzene rings is 2. The third kappa shape index (κ3) is 8.82. The van der Waals surface area contributed by atoms with E-state index in [0.29, 0.717) is 10.7 Å². The lowest BCUT2D eigenvalue weighted by Gasteiger charge is -2.32. The monoisotopic (exact) mass is 535 g/mol. The summed E-state index contributed by atoms with van der Waals surface area (Å²) in [5, 5.41) is 3.38. The van der Waals surface area contributed by atoms with Crippen molar-refractivity contribution in [3.05, 3.63) is 64.2 Å². The van der Waals surface area contributed by atoms with Crippen LogP contribution in [-0.2, 0) is 26.2 Å². The molecule has 0 aliphatic carbocycles. The standard InChI is InChI=1S/C27H38ClN3O4S/c1-19-10-8-11-22(16-19)18-30(21(3)26(33)29-27(4,5)6)25(32)12-9-15-31(36(7,34)35)24-17-23(28)14-13-20(24)2/h8,10-11,13-14,16-17,21H,9,12,15,18H2,1-7H3,(H,29,33)/t21-/m1/s1. The van der Waals surface area contributed by atoms with E-state index in [0.717, 1.165) is 22.9 Å². The van der Waals surface area contributed by atoms with Crippen LogP contribution in [0.5, 0.6) is 0 Å². The highest BCUT2D eigenvalue weighted by atomic mass is 35.5. The molecular weight excluding hydrogens is 498 g/mol. The Morgan fingerprint density at radius 1 is 1.08 bits per heavy atom. The number of hydrogen-bond acceptors (Lipinski definition) is 4. The Morgan fingerprint density at radius 2 is 1.75 bits per heavy atom. The lowest BCUT2D eigenvalue weighted by Crippen LogP contribution is -2.52. The number of rotatable bonds is 10. The van der Waals surface area contributed by atoms with Crippen LogP contribution in [0.25, 0.3) is 0 Å². The number of sulfonamides is 1. The van der Waals surface area contributed by atoms with Crippen LogP contribution >= 0.6 is 11.6 Å². The lowest BCUT2D eigenvalue weighted by atomic mass is 10.1. The fraction of sp³-hybridized carbons (Fsp3) is 0.481. The van der Waals surface area contributed by atoms with Gasteiger partial charge in [0.1, 0.15) is 6.04 Å². The molecule has 0 heterocycles. The van der Waals surface area contributed by atoms with Crippen LogP contribution in [0.1, 0.15) is 57.2 Å². The Hall–Kier alpha value is -2.58. The Morgan fingerprint density at radius 3 is 2.33 bits per heavy atom. The summed E-state index contributed by atoms with van der Waals surface area (Å²) in [5.74, 6) is -0.458. The molecule has 9 heteroatoms. The molecule has 7 nitrogen and oxygen atoms in total. The average molecular weight is 536 g/mol. The van der Waals surface area contributed by atoms with Crippen LogP contribution in [0, 0.1) is 13.8 Å². The quantitative estimate of drug-likeness (QED) is 0.472. The third-order valence-corrected chi connectivity index (χ3v) is 7.11. The number of carbonyl (C=O) groups is 2. The molecule has 2 amide bonds. The van der Waals surface area contributed by atoms with E-state index in [-0.39, 0.29) is 37.7 Å². The van der Waals surface area contributed by atoms with E-state index in [2.05, 4.69) is 5.32 Å². The van der Waals surface area contributed by atoms with Crippen molar-refractivity contribution in [3.63, 3.8) is 0 Å². The number of halogens is 1. The van der Waals surface area contributed by atoms with Crippen LogP contribution in [0.2, 0.25) is 5.02 Å². The molecule has 1 N–H and O–H groups in total. The minimum Gasteiger partial charge on any atom is -0.350 e. The molecule has 0 fully saturated rings. The summed E-state index contributed by atoms with van der Waals surface area (Å²) in [6, 6.07) is 12.2. The molecular formula is C27H38ClN3O4S. The highest BCUT2D eigenvalue weighted by molar-refractivity contribution is 7.92. The van der Waals surface area contributed by atoms with E-state index >= 15 is 0 Å². The summed E-state index contributed by atoms with van der Waals surface area (Å²) in [6.07, 6.45) is 1.51. The van der Waals surface area contributed by atoms with Gasteiger partial charge in [0.25, 0.3) is 0 Å². The maximum atomic E-state index is 13.4. The Labute approximate surface area is 220 Å². The molecule has 1 atom stereocenters. The van der Waals surface area contributed by atoms with Gasteiger partial charge in [-0.2, -0.15) is 0 Å². The van der Waals surface area contributed by atoms with Gasteiger partial charge >= 0.3 is 0 Å². The molecule has 0 radical (unpaired) electrons. The first kappa shape index (κ1) is 29.6. The second-order valence-electron chi connectivity index (χ2n) is 10.3. The summed E-state index contributed by atoms with van der Waals surface area (Å²) >= 11 is 6.12. The average Bonchev–Trinajstić information content (AvgIpc) is 2.74. The number of nitrogens with zero attached hydrogens (tertiary/aromatic N) is 2. The summed E-state index contributed by atoms with van der Waals surface area (Å²) in [5.41, 5.74) is 2.81. The van der Waals surface area contributed by atoms with E-state index in [1.807, 2.05) is 58.9 Å². The van der Waals surface area contributed by atoms with Gasteiger partial charge in [-0.05, 0) is 71.2 Å². The summed E-state index contributed by atoms with van der Waals surface area (Å²) in [7, 11) is -3.59. The van der Waals surface area contributed by atoms with E-state index in [1.165, 1.54) is 4.31 Å². The van der Waals surface area contributed by atoms with Gasteiger partial charge in [-0.25, -0.2) is 8.42 Å². The summed E-state index contributed by atoms with van der Waals surface area (Å²) < 4.78 is 26.4. The minimum atomic E-state index is -3.59. The number of anilines is 1. The number of aryl methyl sites for hydroxylation is 2. The van der Waals surface area contributed by atoms with E-state index < -0.39 is 21.6 Å². The van der Waals surface area contributed by atoms with Gasteiger partial charge in [-0.3, -0.25) is 13.9 Å². The largest absolute Gasteiger partial charge is 0.350 e. The zero-order valence-electron chi connectivity index (χ0n) is 22.3. The third-order valence-electron chi connectivity index (χ3n) is 5.69. The fourth-order valence-corrected chi connectivity index (χ4v) is 5.08. The van der Waals surface area contributed by atoms with Crippen molar-refractivity contribution in [2.75, 3.05) is 17.1 Å². The molecule has 0 spiro atoms. The Kier molecular flexibility index (Phi) is 9.97. The smallest absolute Gasteiger partial charge is 0.242 e. The van der Waals surface area contributed by atoms with Crippen LogP contribution < -0.4 is 9.62 Å². The summed E-state index contributed by atoms with van der Waals surface area (Å²) in [6.45, 7) is 11.6. The molecule has 2 aromatic rings. The fourth-order valence-electron chi connectivity index (χ4n) is 3.90. The molecule has 0 unspecified atom stereocenters. The minimum absolute atomic E-state index is 0.0879. The molecule has 0 saturated carbocycles. The number of nitrogens with one attached hydrogen (secondary N) is 1. The molecule has 2 aromatic carbocycles. The van der Waals surface area contributed by atoms with Crippen LogP contribution in [0.3, 0.4) is 0 Å². The Balaban J connectivity index is 2.23. The van der Waals surface area contributed by atoms with E-state index in [1.54, 1.807) is 30.0 Å². The molecule has 2 rings (SSSR count). The topological polar surface area (TPSA) is 86.8 Å².